The van der Waals surface area contributed by atoms with E-state index in [1.165, 1.54) is 25.3 Å². The molecule has 0 saturated heterocycles. The van der Waals surface area contributed by atoms with Crippen molar-refractivity contribution in [3.8, 4) is 5.75 Å². The van der Waals surface area contributed by atoms with Crippen molar-refractivity contribution >= 4 is 15.7 Å². The van der Waals surface area contributed by atoms with Crippen LogP contribution < -0.4 is 15.6 Å². The van der Waals surface area contributed by atoms with Gasteiger partial charge in [0.2, 0.25) is 10.0 Å². The minimum atomic E-state index is -3.78. The van der Waals surface area contributed by atoms with E-state index in [-0.39, 0.29) is 4.90 Å². The molecule has 0 bridgehead atoms. The lowest BCUT2D eigenvalue weighted by atomic mass is 10.1. The summed E-state index contributed by atoms with van der Waals surface area (Å²) >= 11 is 0. The number of anilines is 1. The molecule has 0 fully saturated rings. The molecule has 0 atom stereocenters. The number of sulfonamides is 1. The molecule has 0 radical (unpaired) electrons. The van der Waals surface area contributed by atoms with Crippen molar-refractivity contribution in [3.63, 3.8) is 0 Å². The minimum absolute atomic E-state index is 0.0264. The highest BCUT2D eigenvalue weighted by molar-refractivity contribution is 7.89. The molecule has 4 N–H and O–H groups in total. The summed E-state index contributed by atoms with van der Waals surface area (Å²) < 4.78 is 28.6. The lowest BCUT2D eigenvalue weighted by Gasteiger charge is -2.13. The molecule has 0 aliphatic rings. The van der Waals surface area contributed by atoms with Crippen molar-refractivity contribution in [2.24, 2.45) is 5.14 Å². The summed E-state index contributed by atoms with van der Waals surface area (Å²) in [6, 6.07) is 2.99. The van der Waals surface area contributed by atoms with Gasteiger partial charge < -0.3 is 10.5 Å². The first-order valence-electron chi connectivity index (χ1n) is 6.92. The van der Waals surface area contributed by atoms with E-state index >= 15 is 0 Å². The van der Waals surface area contributed by atoms with Crippen LogP contribution in [-0.4, -0.2) is 15.0 Å². The van der Waals surface area contributed by atoms with E-state index in [1.54, 1.807) is 13.0 Å². The van der Waals surface area contributed by atoms with Gasteiger partial charge in [-0.2, -0.15) is 0 Å². The molecule has 1 aromatic rings. The number of ether oxygens (including phenoxy) is 1. The average molecular weight is 300 g/mol. The van der Waals surface area contributed by atoms with E-state index in [1.807, 2.05) is 0 Å². The van der Waals surface area contributed by atoms with Gasteiger partial charge in [-0.25, -0.2) is 13.6 Å². The topological polar surface area (TPSA) is 95.4 Å². The molecule has 0 aromatic heterocycles. The summed E-state index contributed by atoms with van der Waals surface area (Å²) in [5.74, 6) is 0.490. The number of unbranched alkanes of at least 4 members (excludes halogenated alkanes) is 4. The summed E-state index contributed by atoms with van der Waals surface area (Å²) in [4.78, 5) is 0.0264. The zero-order chi connectivity index (χ0) is 15.2. The Hall–Kier alpha value is -1.27. The van der Waals surface area contributed by atoms with Gasteiger partial charge in [0.15, 0.2) is 0 Å². The second-order valence-corrected chi connectivity index (χ2v) is 6.48. The molecule has 0 aliphatic carbocycles. The Morgan fingerprint density at radius 3 is 2.40 bits per heavy atom. The largest absolute Gasteiger partial charge is 0.493 e. The molecule has 0 unspecified atom stereocenters. The first kappa shape index (κ1) is 16.8. The molecule has 1 rings (SSSR count). The van der Waals surface area contributed by atoms with Gasteiger partial charge in [0.1, 0.15) is 5.75 Å². The van der Waals surface area contributed by atoms with Gasteiger partial charge >= 0.3 is 0 Å². The van der Waals surface area contributed by atoms with Crippen molar-refractivity contribution < 1.29 is 13.2 Å². The molecule has 5 nitrogen and oxygen atoms in total. The maximum atomic E-state index is 11.5. The summed E-state index contributed by atoms with van der Waals surface area (Å²) in [5.41, 5.74) is 6.54. The maximum Gasteiger partial charge on any atom is 0.238 e. The van der Waals surface area contributed by atoms with Crippen molar-refractivity contribution in [1.29, 1.82) is 0 Å². The Balaban J connectivity index is 2.69. The van der Waals surface area contributed by atoms with Gasteiger partial charge in [-0.05, 0) is 19.4 Å². The van der Waals surface area contributed by atoms with Crippen LogP contribution in [0.2, 0.25) is 0 Å². The molecule has 0 saturated carbocycles. The minimum Gasteiger partial charge on any atom is -0.493 e. The third kappa shape index (κ3) is 5.02. The summed E-state index contributed by atoms with van der Waals surface area (Å²) in [7, 11) is -3.78. The fourth-order valence-corrected chi connectivity index (χ4v) is 2.84. The highest BCUT2D eigenvalue weighted by Gasteiger charge is 2.16. The SMILES string of the molecule is CCCCCCCOc1cc(N)cc(S(N)(=O)=O)c1C. The van der Waals surface area contributed by atoms with E-state index in [0.717, 1.165) is 12.8 Å². The Morgan fingerprint density at radius 1 is 1.15 bits per heavy atom. The van der Waals surface area contributed by atoms with Crippen LogP contribution in [0.1, 0.15) is 44.6 Å². The predicted octanol–water partition coefficient (Wildman–Crippen LogP) is 2.57. The number of primary sulfonamides is 1. The Morgan fingerprint density at radius 2 is 1.80 bits per heavy atom. The fourth-order valence-electron chi connectivity index (χ4n) is 2.02. The monoisotopic (exact) mass is 300 g/mol. The standard InChI is InChI=1S/C14H24N2O3S/c1-3-4-5-6-7-8-19-13-9-12(15)10-14(11(13)2)20(16,17)18/h9-10H,3-8,15H2,1-2H3,(H2,16,17,18). The molecule has 6 heteroatoms. The van der Waals surface area contributed by atoms with Crippen LogP contribution in [0.4, 0.5) is 5.69 Å². The zero-order valence-corrected chi connectivity index (χ0v) is 13.0. The molecule has 0 heterocycles. The second-order valence-electron chi connectivity index (χ2n) is 4.95. The first-order valence-corrected chi connectivity index (χ1v) is 8.46. The number of nitrogens with two attached hydrogens (primary N) is 2. The normalized spacial score (nSPS) is 11.6. The van der Waals surface area contributed by atoms with Gasteiger partial charge in [-0.15, -0.1) is 0 Å². The third-order valence-electron chi connectivity index (χ3n) is 3.15. The molecular weight excluding hydrogens is 276 g/mol. The van der Waals surface area contributed by atoms with Crippen LogP contribution in [0.3, 0.4) is 0 Å². The van der Waals surface area contributed by atoms with Crippen molar-refractivity contribution in [1.82, 2.24) is 0 Å². The highest BCUT2D eigenvalue weighted by atomic mass is 32.2. The van der Waals surface area contributed by atoms with E-state index < -0.39 is 10.0 Å². The molecule has 0 amide bonds. The van der Waals surface area contributed by atoms with E-state index in [9.17, 15) is 8.42 Å². The summed E-state index contributed by atoms with van der Waals surface area (Å²) in [6.45, 7) is 4.39. The summed E-state index contributed by atoms with van der Waals surface area (Å²) in [5, 5.41) is 5.17. The van der Waals surface area contributed by atoms with Crippen LogP contribution in [-0.2, 0) is 10.0 Å². The van der Waals surface area contributed by atoms with E-state index in [0.29, 0.717) is 23.6 Å². The number of hydrogen-bond acceptors (Lipinski definition) is 4. The Labute approximate surface area is 121 Å². The molecule has 0 spiro atoms. The first-order chi connectivity index (χ1) is 9.36. The second kappa shape index (κ2) is 7.50. The molecule has 20 heavy (non-hydrogen) atoms. The Bertz CT molecular complexity index is 542. The number of rotatable bonds is 8. The molecule has 1 aromatic carbocycles. The zero-order valence-electron chi connectivity index (χ0n) is 12.2. The van der Waals surface area contributed by atoms with Crippen LogP contribution in [0, 0.1) is 6.92 Å². The van der Waals surface area contributed by atoms with Crippen molar-refractivity contribution in [2.45, 2.75) is 50.8 Å². The van der Waals surface area contributed by atoms with E-state index in [4.69, 9.17) is 15.6 Å². The third-order valence-corrected chi connectivity index (χ3v) is 4.18. The van der Waals surface area contributed by atoms with Gasteiger partial charge in [-0.1, -0.05) is 32.6 Å². The fraction of sp³-hybridized carbons (Fsp3) is 0.571. The van der Waals surface area contributed by atoms with Gasteiger partial charge in [0, 0.05) is 17.3 Å². The predicted molar refractivity (Wildman–Crippen MR) is 81.2 cm³/mol. The lowest BCUT2D eigenvalue weighted by molar-refractivity contribution is 0.302. The highest BCUT2D eigenvalue weighted by Crippen LogP contribution is 2.28. The molecule has 0 aliphatic heterocycles. The van der Waals surface area contributed by atoms with Gasteiger partial charge in [0.25, 0.3) is 0 Å². The molecule has 114 valence electrons. The van der Waals surface area contributed by atoms with E-state index in [2.05, 4.69) is 6.92 Å². The number of benzene rings is 1. The Kier molecular flexibility index (Phi) is 6.29. The van der Waals surface area contributed by atoms with Crippen LogP contribution in [0.5, 0.6) is 5.75 Å². The van der Waals surface area contributed by atoms with Gasteiger partial charge in [-0.3, -0.25) is 0 Å². The van der Waals surface area contributed by atoms with Crippen LogP contribution in [0.25, 0.3) is 0 Å². The van der Waals surface area contributed by atoms with Gasteiger partial charge in [0.05, 0.1) is 11.5 Å². The summed E-state index contributed by atoms with van der Waals surface area (Å²) in [6.07, 6.45) is 5.67. The molecular formula is C14H24N2O3S. The van der Waals surface area contributed by atoms with Crippen LogP contribution in [0.15, 0.2) is 17.0 Å². The maximum absolute atomic E-state index is 11.5. The van der Waals surface area contributed by atoms with Crippen LogP contribution >= 0.6 is 0 Å². The quantitative estimate of drug-likeness (QED) is 0.569. The average Bonchev–Trinajstić information content (AvgIpc) is 2.35. The number of nitrogen functional groups attached to an aromatic ring is 1. The smallest absolute Gasteiger partial charge is 0.238 e. The van der Waals surface area contributed by atoms with Crippen molar-refractivity contribution in [3.05, 3.63) is 17.7 Å². The number of hydrogen-bond donors (Lipinski definition) is 2. The van der Waals surface area contributed by atoms with Crippen molar-refractivity contribution in [2.75, 3.05) is 12.3 Å². The lowest BCUT2D eigenvalue weighted by Crippen LogP contribution is -2.15.